The van der Waals surface area contributed by atoms with Gasteiger partial charge in [0, 0.05) is 0 Å². The summed E-state index contributed by atoms with van der Waals surface area (Å²) in [6, 6.07) is 4.61. The number of hydrogen-bond acceptors (Lipinski definition) is 2. The molecule has 0 spiro atoms. The summed E-state index contributed by atoms with van der Waals surface area (Å²) < 4.78 is 18.8. The molecule has 0 aromatic heterocycles. The molecule has 0 fully saturated rings. The molecule has 0 aliphatic heterocycles. The first-order valence-electron chi connectivity index (χ1n) is 6.04. The lowest BCUT2D eigenvalue weighted by molar-refractivity contribution is 0.241. The van der Waals surface area contributed by atoms with Crippen LogP contribution in [0.15, 0.2) is 18.2 Å². The molecular weight excluding hydrogens is 217 g/mol. The van der Waals surface area contributed by atoms with Gasteiger partial charge in [0.05, 0.1) is 6.61 Å². The molecule has 0 saturated carbocycles. The van der Waals surface area contributed by atoms with E-state index < -0.39 is 0 Å². The maximum Gasteiger partial charge on any atom is 0.123 e. The third-order valence-electron chi connectivity index (χ3n) is 2.55. The average Bonchev–Trinajstić information content (AvgIpc) is 2.20. The van der Waals surface area contributed by atoms with Crippen LogP contribution in [0.5, 0.6) is 5.75 Å². The van der Waals surface area contributed by atoms with Crippen molar-refractivity contribution in [2.24, 2.45) is 11.1 Å². The zero-order valence-corrected chi connectivity index (χ0v) is 10.9. The van der Waals surface area contributed by atoms with Crippen LogP contribution in [0.2, 0.25) is 0 Å². The Morgan fingerprint density at radius 1 is 1.29 bits per heavy atom. The van der Waals surface area contributed by atoms with E-state index in [1.165, 1.54) is 12.1 Å². The Morgan fingerprint density at radius 2 is 2.00 bits per heavy atom. The van der Waals surface area contributed by atoms with Gasteiger partial charge in [-0.1, -0.05) is 20.8 Å². The van der Waals surface area contributed by atoms with Gasteiger partial charge >= 0.3 is 0 Å². The zero-order valence-electron chi connectivity index (χ0n) is 10.9. The van der Waals surface area contributed by atoms with Crippen LogP contribution < -0.4 is 10.5 Å². The molecule has 0 heterocycles. The Hall–Kier alpha value is -1.09. The number of nitrogens with two attached hydrogens (primary N) is 1. The van der Waals surface area contributed by atoms with Crippen molar-refractivity contribution in [3.63, 3.8) is 0 Å². The minimum absolute atomic E-state index is 0.239. The van der Waals surface area contributed by atoms with Gasteiger partial charge in [-0.15, -0.1) is 0 Å². The molecule has 2 N–H and O–H groups in total. The number of rotatable bonds is 5. The van der Waals surface area contributed by atoms with Crippen LogP contribution in [0.3, 0.4) is 0 Å². The van der Waals surface area contributed by atoms with Gasteiger partial charge in [0.15, 0.2) is 0 Å². The quantitative estimate of drug-likeness (QED) is 0.856. The summed E-state index contributed by atoms with van der Waals surface area (Å²) in [6.07, 6.45) is 1.61. The topological polar surface area (TPSA) is 35.2 Å². The molecule has 3 heteroatoms. The highest BCUT2D eigenvalue weighted by atomic mass is 19.1. The number of ether oxygens (including phenoxy) is 1. The maximum atomic E-state index is 13.1. The fourth-order valence-corrected chi connectivity index (χ4v) is 1.51. The molecule has 0 radical (unpaired) electrons. The van der Waals surface area contributed by atoms with Gasteiger partial charge in [-0.25, -0.2) is 4.39 Å². The minimum atomic E-state index is -0.239. The Labute approximate surface area is 103 Å². The van der Waals surface area contributed by atoms with Crippen molar-refractivity contribution in [3.8, 4) is 5.75 Å². The molecule has 0 aliphatic carbocycles. The molecule has 0 bridgehead atoms. The molecule has 0 saturated heterocycles. The highest BCUT2D eigenvalue weighted by Crippen LogP contribution is 2.23. The second-order valence-corrected chi connectivity index (χ2v) is 5.45. The van der Waals surface area contributed by atoms with Crippen molar-refractivity contribution in [1.82, 2.24) is 0 Å². The Morgan fingerprint density at radius 3 is 2.59 bits per heavy atom. The standard InChI is InChI=1S/C14H22FNO/c1-14(2,3)7-9-17-13-5-4-12(15)10-11(13)6-8-16/h4-5,10H,6-9,16H2,1-3H3. The van der Waals surface area contributed by atoms with Gasteiger partial charge in [0.1, 0.15) is 11.6 Å². The van der Waals surface area contributed by atoms with Crippen LogP contribution in [-0.2, 0) is 6.42 Å². The van der Waals surface area contributed by atoms with E-state index in [1.807, 2.05) is 0 Å². The molecular formula is C14H22FNO. The first kappa shape index (κ1) is 14.0. The molecule has 1 aromatic carbocycles. The summed E-state index contributed by atoms with van der Waals surface area (Å²) in [5.74, 6) is 0.512. The number of benzene rings is 1. The molecule has 0 aliphatic rings. The number of hydrogen-bond donors (Lipinski definition) is 1. The molecule has 0 unspecified atom stereocenters. The predicted octanol–water partition coefficient (Wildman–Crippen LogP) is 3.14. The minimum Gasteiger partial charge on any atom is -0.493 e. The lowest BCUT2D eigenvalue weighted by atomic mass is 9.93. The summed E-state index contributed by atoms with van der Waals surface area (Å²) in [7, 11) is 0. The molecule has 17 heavy (non-hydrogen) atoms. The normalized spacial score (nSPS) is 11.6. The average molecular weight is 239 g/mol. The Balaban J connectivity index is 2.63. The molecule has 2 nitrogen and oxygen atoms in total. The second kappa shape index (κ2) is 6.01. The Bertz CT molecular complexity index is 358. The van der Waals surface area contributed by atoms with Crippen LogP contribution >= 0.6 is 0 Å². The van der Waals surface area contributed by atoms with E-state index in [-0.39, 0.29) is 11.2 Å². The molecule has 96 valence electrons. The first-order chi connectivity index (χ1) is 7.92. The van der Waals surface area contributed by atoms with E-state index in [4.69, 9.17) is 10.5 Å². The van der Waals surface area contributed by atoms with Crippen molar-refractivity contribution >= 4 is 0 Å². The van der Waals surface area contributed by atoms with Crippen LogP contribution in [0, 0.1) is 11.2 Å². The predicted molar refractivity (Wildman–Crippen MR) is 68.7 cm³/mol. The van der Waals surface area contributed by atoms with Crippen molar-refractivity contribution in [3.05, 3.63) is 29.6 Å². The number of halogens is 1. The highest BCUT2D eigenvalue weighted by molar-refractivity contribution is 5.34. The lowest BCUT2D eigenvalue weighted by Crippen LogP contribution is -2.12. The zero-order chi connectivity index (χ0) is 12.9. The van der Waals surface area contributed by atoms with Crippen LogP contribution in [0.1, 0.15) is 32.8 Å². The highest BCUT2D eigenvalue weighted by Gasteiger charge is 2.11. The van der Waals surface area contributed by atoms with E-state index in [1.54, 1.807) is 6.07 Å². The first-order valence-corrected chi connectivity index (χ1v) is 6.04. The summed E-state index contributed by atoms with van der Waals surface area (Å²) in [6.45, 7) is 7.65. The van der Waals surface area contributed by atoms with Gasteiger partial charge < -0.3 is 10.5 Å². The summed E-state index contributed by atoms with van der Waals surface area (Å²) >= 11 is 0. The largest absolute Gasteiger partial charge is 0.493 e. The van der Waals surface area contributed by atoms with Gasteiger partial charge in [0.2, 0.25) is 0 Å². The molecule has 0 atom stereocenters. The summed E-state index contributed by atoms with van der Waals surface area (Å²) in [4.78, 5) is 0. The lowest BCUT2D eigenvalue weighted by Gasteiger charge is -2.19. The van der Waals surface area contributed by atoms with Crippen molar-refractivity contribution in [2.45, 2.75) is 33.6 Å². The third kappa shape index (κ3) is 5.18. The fourth-order valence-electron chi connectivity index (χ4n) is 1.51. The second-order valence-electron chi connectivity index (χ2n) is 5.45. The molecule has 1 rings (SSSR count). The third-order valence-corrected chi connectivity index (χ3v) is 2.55. The fraction of sp³-hybridized carbons (Fsp3) is 0.571. The maximum absolute atomic E-state index is 13.1. The Kier molecular flexibility index (Phi) is 4.94. The molecule has 0 amide bonds. The van der Waals surface area contributed by atoms with E-state index in [2.05, 4.69) is 20.8 Å². The van der Waals surface area contributed by atoms with Gasteiger partial charge in [-0.2, -0.15) is 0 Å². The summed E-state index contributed by atoms with van der Waals surface area (Å²) in [5, 5.41) is 0. The van der Waals surface area contributed by atoms with Gasteiger partial charge in [-0.3, -0.25) is 0 Å². The molecule has 1 aromatic rings. The van der Waals surface area contributed by atoms with Crippen LogP contribution in [0.4, 0.5) is 4.39 Å². The van der Waals surface area contributed by atoms with Gasteiger partial charge in [0.25, 0.3) is 0 Å². The van der Waals surface area contributed by atoms with E-state index in [9.17, 15) is 4.39 Å². The monoisotopic (exact) mass is 239 g/mol. The summed E-state index contributed by atoms with van der Waals surface area (Å²) in [5.41, 5.74) is 6.59. The van der Waals surface area contributed by atoms with Crippen LogP contribution in [-0.4, -0.2) is 13.2 Å². The van der Waals surface area contributed by atoms with E-state index in [0.717, 1.165) is 17.7 Å². The van der Waals surface area contributed by atoms with E-state index >= 15 is 0 Å². The van der Waals surface area contributed by atoms with Crippen molar-refractivity contribution in [2.75, 3.05) is 13.2 Å². The smallest absolute Gasteiger partial charge is 0.123 e. The van der Waals surface area contributed by atoms with Gasteiger partial charge in [-0.05, 0) is 48.6 Å². The SMILES string of the molecule is CC(C)(C)CCOc1ccc(F)cc1CCN. The van der Waals surface area contributed by atoms with Crippen molar-refractivity contribution in [1.29, 1.82) is 0 Å². The van der Waals surface area contributed by atoms with Crippen LogP contribution in [0.25, 0.3) is 0 Å². The van der Waals surface area contributed by atoms with E-state index in [0.29, 0.717) is 19.6 Å². The van der Waals surface area contributed by atoms with Crippen molar-refractivity contribution < 1.29 is 9.13 Å².